The van der Waals surface area contributed by atoms with Crippen LogP contribution in [0.4, 0.5) is 10.6 Å². The SMILES string of the molecule is COC(=O)[C@@H](C)Cc1sc2c(N(Cc3ccco3)C(=O)OC(C)(C)C)nc(Cl)nc2c1C. The van der Waals surface area contributed by atoms with Crippen molar-refractivity contribution in [1.29, 1.82) is 0 Å². The van der Waals surface area contributed by atoms with Crippen LogP contribution in [0, 0.1) is 12.8 Å². The highest BCUT2D eigenvalue weighted by molar-refractivity contribution is 7.19. The Morgan fingerprint density at radius 3 is 2.62 bits per heavy atom. The summed E-state index contributed by atoms with van der Waals surface area (Å²) in [6, 6.07) is 3.51. The van der Waals surface area contributed by atoms with Crippen molar-refractivity contribution in [2.24, 2.45) is 5.92 Å². The first-order valence-corrected chi connectivity index (χ1v) is 11.3. The largest absolute Gasteiger partial charge is 0.469 e. The van der Waals surface area contributed by atoms with Gasteiger partial charge in [0.25, 0.3) is 0 Å². The van der Waals surface area contributed by atoms with Crippen molar-refractivity contribution in [2.45, 2.75) is 53.2 Å². The minimum atomic E-state index is -0.707. The summed E-state index contributed by atoms with van der Waals surface area (Å²) in [6.07, 6.45) is 1.43. The third kappa shape index (κ3) is 5.39. The van der Waals surface area contributed by atoms with E-state index < -0.39 is 11.7 Å². The summed E-state index contributed by atoms with van der Waals surface area (Å²) in [5.41, 5.74) is 0.805. The van der Waals surface area contributed by atoms with Crippen LogP contribution in [0.15, 0.2) is 22.8 Å². The molecule has 10 heteroatoms. The number of hydrogen-bond acceptors (Lipinski definition) is 8. The molecular formula is C22H26ClN3O5S. The fourth-order valence-electron chi connectivity index (χ4n) is 3.13. The fourth-order valence-corrected chi connectivity index (χ4v) is 4.67. The minimum Gasteiger partial charge on any atom is -0.469 e. The van der Waals surface area contributed by atoms with Gasteiger partial charge in [-0.25, -0.2) is 9.78 Å². The molecule has 0 bridgehead atoms. The Bertz CT molecular complexity index is 1120. The normalized spacial score (nSPS) is 12.6. The maximum Gasteiger partial charge on any atom is 0.416 e. The smallest absolute Gasteiger partial charge is 0.416 e. The molecule has 0 fully saturated rings. The fraction of sp³-hybridized carbons (Fsp3) is 0.455. The first kappa shape index (κ1) is 24.0. The predicted molar refractivity (Wildman–Crippen MR) is 123 cm³/mol. The van der Waals surface area contributed by atoms with E-state index in [4.69, 9.17) is 25.5 Å². The number of fused-ring (bicyclic) bond motifs is 1. The Kier molecular flexibility index (Phi) is 7.09. The molecule has 0 spiro atoms. The van der Waals surface area contributed by atoms with Gasteiger partial charge < -0.3 is 13.9 Å². The number of hydrogen-bond donors (Lipinski definition) is 0. The van der Waals surface area contributed by atoms with Gasteiger partial charge in [-0.3, -0.25) is 9.69 Å². The van der Waals surface area contributed by atoms with Gasteiger partial charge in [-0.05, 0) is 63.4 Å². The van der Waals surface area contributed by atoms with E-state index in [1.54, 1.807) is 39.8 Å². The number of anilines is 1. The van der Waals surface area contributed by atoms with E-state index in [1.165, 1.54) is 29.6 Å². The van der Waals surface area contributed by atoms with E-state index in [-0.39, 0.29) is 23.7 Å². The summed E-state index contributed by atoms with van der Waals surface area (Å²) in [5.74, 6) is 0.269. The third-order valence-electron chi connectivity index (χ3n) is 4.68. The molecule has 0 saturated heterocycles. The second kappa shape index (κ2) is 9.46. The molecule has 3 heterocycles. The van der Waals surface area contributed by atoms with Crippen molar-refractivity contribution in [2.75, 3.05) is 12.0 Å². The van der Waals surface area contributed by atoms with Gasteiger partial charge in [-0.2, -0.15) is 4.98 Å². The lowest BCUT2D eigenvalue weighted by Gasteiger charge is -2.26. The average molecular weight is 480 g/mol. The van der Waals surface area contributed by atoms with Gasteiger partial charge in [0.15, 0.2) is 5.82 Å². The van der Waals surface area contributed by atoms with Crippen molar-refractivity contribution in [3.8, 4) is 0 Å². The van der Waals surface area contributed by atoms with Gasteiger partial charge in [0.05, 0.1) is 36.1 Å². The molecule has 3 rings (SSSR count). The van der Waals surface area contributed by atoms with Crippen LogP contribution in [0.2, 0.25) is 5.28 Å². The maximum absolute atomic E-state index is 13.1. The summed E-state index contributed by atoms with van der Waals surface area (Å²) in [5, 5.41) is 0.00831. The quantitative estimate of drug-likeness (QED) is 0.338. The molecule has 32 heavy (non-hydrogen) atoms. The number of amides is 1. The summed E-state index contributed by atoms with van der Waals surface area (Å²) in [6.45, 7) is 9.20. The van der Waals surface area contributed by atoms with Crippen LogP contribution in [0.1, 0.15) is 43.9 Å². The van der Waals surface area contributed by atoms with Gasteiger partial charge in [0.1, 0.15) is 11.4 Å². The van der Waals surface area contributed by atoms with E-state index in [0.29, 0.717) is 28.2 Å². The van der Waals surface area contributed by atoms with E-state index >= 15 is 0 Å². The van der Waals surface area contributed by atoms with Crippen molar-refractivity contribution in [3.63, 3.8) is 0 Å². The molecule has 1 atom stereocenters. The Morgan fingerprint density at radius 2 is 2.03 bits per heavy atom. The Labute approximate surface area is 195 Å². The second-order valence-corrected chi connectivity index (χ2v) is 9.86. The van der Waals surface area contributed by atoms with Gasteiger partial charge in [0, 0.05) is 4.88 Å². The van der Waals surface area contributed by atoms with Crippen LogP contribution in [0.5, 0.6) is 0 Å². The van der Waals surface area contributed by atoms with Gasteiger partial charge >= 0.3 is 12.1 Å². The Hall–Kier alpha value is -2.65. The number of aryl methyl sites for hydroxylation is 1. The molecule has 0 aliphatic carbocycles. The number of esters is 1. The van der Waals surface area contributed by atoms with E-state index in [9.17, 15) is 9.59 Å². The molecule has 0 aromatic carbocycles. The molecule has 0 aliphatic rings. The monoisotopic (exact) mass is 479 g/mol. The second-order valence-electron chi connectivity index (χ2n) is 8.42. The van der Waals surface area contributed by atoms with Crippen LogP contribution < -0.4 is 4.90 Å². The molecule has 0 aliphatic heterocycles. The standard InChI is InChI=1S/C22H26ClN3O5S/c1-12(19(27)29-6)10-15-13(2)16-17(32-15)18(25-20(23)24-16)26(11-14-8-7-9-30-14)21(28)31-22(3,4)5/h7-9,12H,10-11H2,1-6H3/t12-/m0/s1. The zero-order valence-electron chi connectivity index (χ0n) is 18.9. The number of furan rings is 1. The highest BCUT2D eigenvalue weighted by Gasteiger charge is 2.29. The summed E-state index contributed by atoms with van der Waals surface area (Å²) in [4.78, 5) is 36.2. The third-order valence-corrected chi connectivity index (χ3v) is 6.15. The predicted octanol–water partition coefficient (Wildman–Crippen LogP) is 5.54. The van der Waals surface area contributed by atoms with Crippen LogP contribution in [-0.2, 0) is 27.2 Å². The molecule has 8 nitrogen and oxygen atoms in total. The van der Waals surface area contributed by atoms with Crippen LogP contribution >= 0.6 is 22.9 Å². The summed E-state index contributed by atoms with van der Waals surface area (Å²) >= 11 is 7.67. The molecule has 0 unspecified atom stereocenters. The highest BCUT2D eigenvalue weighted by atomic mass is 35.5. The number of carbonyl (C=O) groups excluding carboxylic acids is 2. The van der Waals surface area contributed by atoms with Crippen molar-refractivity contribution in [1.82, 2.24) is 9.97 Å². The number of aromatic nitrogens is 2. The zero-order chi connectivity index (χ0) is 23.6. The number of methoxy groups -OCH3 is 1. The minimum absolute atomic E-state index is 0.00831. The van der Waals surface area contributed by atoms with Crippen LogP contribution in [0.25, 0.3) is 10.2 Å². The van der Waals surface area contributed by atoms with Crippen molar-refractivity contribution in [3.05, 3.63) is 39.9 Å². The summed E-state index contributed by atoms with van der Waals surface area (Å²) in [7, 11) is 1.37. The summed E-state index contributed by atoms with van der Waals surface area (Å²) < 4.78 is 16.6. The topological polar surface area (TPSA) is 94.8 Å². The lowest BCUT2D eigenvalue weighted by Crippen LogP contribution is -2.37. The first-order chi connectivity index (χ1) is 15.0. The van der Waals surface area contributed by atoms with Gasteiger partial charge in [-0.15, -0.1) is 11.3 Å². The number of carbonyl (C=O) groups is 2. The molecule has 172 valence electrons. The molecule has 3 aromatic rings. The highest BCUT2D eigenvalue weighted by Crippen LogP contribution is 2.38. The van der Waals surface area contributed by atoms with Gasteiger partial charge in [0.2, 0.25) is 5.28 Å². The van der Waals surface area contributed by atoms with Crippen molar-refractivity contribution >= 4 is 51.0 Å². The first-order valence-electron chi connectivity index (χ1n) is 10.1. The lowest BCUT2D eigenvalue weighted by atomic mass is 10.0. The molecular weight excluding hydrogens is 454 g/mol. The van der Waals surface area contributed by atoms with E-state index in [2.05, 4.69) is 9.97 Å². The molecule has 0 N–H and O–H groups in total. The molecule has 0 radical (unpaired) electrons. The van der Waals surface area contributed by atoms with Crippen molar-refractivity contribution < 1.29 is 23.5 Å². The molecule has 3 aromatic heterocycles. The van der Waals surface area contributed by atoms with E-state index in [0.717, 1.165) is 10.4 Å². The number of halogens is 1. The van der Waals surface area contributed by atoms with Crippen LogP contribution in [0.3, 0.4) is 0 Å². The molecule has 0 saturated carbocycles. The number of rotatable bonds is 6. The number of ether oxygens (including phenoxy) is 2. The Morgan fingerprint density at radius 1 is 1.31 bits per heavy atom. The zero-order valence-corrected chi connectivity index (χ0v) is 20.5. The van der Waals surface area contributed by atoms with E-state index in [1.807, 2.05) is 6.92 Å². The number of thiophene rings is 1. The number of nitrogens with zero attached hydrogens (tertiary/aromatic N) is 3. The van der Waals surface area contributed by atoms with Gasteiger partial charge in [-0.1, -0.05) is 6.92 Å². The molecule has 1 amide bonds. The van der Waals surface area contributed by atoms with Crippen LogP contribution in [-0.4, -0.2) is 34.7 Å². The average Bonchev–Trinajstić information content (AvgIpc) is 3.32. The Balaban J connectivity index is 2.10. The lowest BCUT2D eigenvalue weighted by molar-refractivity contribution is -0.144. The maximum atomic E-state index is 13.1.